The van der Waals surface area contributed by atoms with E-state index in [0.29, 0.717) is 11.5 Å². The summed E-state index contributed by atoms with van der Waals surface area (Å²) in [5.41, 5.74) is 1.91. The van der Waals surface area contributed by atoms with Crippen molar-refractivity contribution in [1.82, 2.24) is 0 Å². The summed E-state index contributed by atoms with van der Waals surface area (Å²) in [6, 6.07) is 7.63. The molecule has 0 aromatic heterocycles. The molecule has 0 radical (unpaired) electrons. The van der Waals surface area contributed by atoms with E-state index in [2.05, 4.69) is 13.8 Å². The normalized spacial score (nSPS) is 14.4. The molecule has 0 spiro atoms. The smallest absolute Gasteiger partial charge is 0.185 e. The van der Waals surface area contributed by atoms with Crippen molar-refractivity contribution >= 4 is 16.9 Å². The number of carbonyl (C=O) groups is 1. The van der Waals surface area contributed by atoms with Gasteiger partial charge in [0.25, 0.3) is 0 Å². The van der Waals surface area contributed by atoms with Crippen molar-refractivity contribution in [3.63, 3.8) is 0 Å². The average Bonchev–Trinajstić information content (AvgIpc) is 2.35. The SMILES string of the molecule is CC(=O)SCC(O)C(O)c1ccc(CC(C)C)cc1. The largest absolute Gasteiger partial charge is 0.389 e. The molecular weight excluding hydrogens is 260 g/mol. The lowest BCUT2D eigenvalue weighted by Gasteiger charge is -2.17. The summed E-state index contributed by atoms with van der Waals surface area (Å²) in [6.07, 6.45) is -0.871. The highest BCUT2D eigenvalue weighted by molar-refractivity contribution is 8.13. The second-order valence-corrected chi connectivity index (χ2v) is 6.35. The minimum atomic E-state index is -0.944. The molecule has 1 aromatic carbocycles. The van der Waals surface area contributed by atoms with E-state index in [1.54, 1.807) is 0 Å². The van der Waals surface area contributed by atoms with Crippen molar-refractivity contribution in [1.29, 1.82) is 0 Å². The maximum atomic E-state index is 10.8. The second-order valence-electron chi connectivity index (χ2n) is 5.15. The van der Waals surface area contributed by atoms with Gasteiger partial charge in [0.15, 0.2) is 5.12 Å². The zero-order valence-corrected chi connectivity index (χ0v) is 12.5. The van der Waals surface area contributed by atoms with Crippen LogP contribution in [0.3, 0.4) is 0 Å². The molecule has 106 valence electrons. The summed E-state index contributed by atoms with van der Waals surface area (Å²) in [7, 11) is 0. The first-order valence-corrected chi connectivity index (χ1v) is 7.47. The van der Waals surface area contributed by atoms with Crippen LogP contribution < -0.4 is 0 Å². The van der Waals surface area contributed by atoms with Crippen molar-refractivity contribution in [3.05, 3.63) is 35.4 Å². The van der Waals surface area contributed by atoms with Gasteiger partial charge in [-0.05, 0) is 23.5 Å². The summed E-state index contributed by atoms with van der Waals surface area (Å²) in [6.45, 7) is 5.77. The third-order valence-corrected chi connectivity index (χ3v) is 3.70. The molecule has 0 heterocycles. The molecule has 0 aliphatic carbocycles. The molecular formula is C15H22O3S. The highest BCUT2D eigenvalue weighted by atomic mass is 32.2. The Bertz CT molecular complexity index is 400. The number of aliphatic hydroxyl groups excluding tert-OH is 2. The molecule has 0 aliphatic rings. The molecule has 0 aliphatic heterocycles. The van der Waals surface area contributed by atoms with E-state index in [9.17, 15) is 15.0 Å². The lowest BCUT2D eigenvalue weighted by molar-refractivity contribution is -0.109. The molecule has 0 fully saturated rings. The number of carbonyl (C=O) groups excluding carboxylic acids is 1. The van der Waals surface area contributed by atoms with Crippen LogP contribution >= 0.6 is 11.8 Å². The fourth-order valence-electron chi connectivity index (χ4n) is 1.84. The number of aliphatic hydroxyl groups is 2. The summed E-state index contributed by atoms with van der Waals surface area (Å²) in [4.78, 5) is 10.8. The molecule has 0 amide bonds. The van der Waals surface area contributed by atoms with E-state index >= 15 is 0 Å². The van der Waals surface area contributed by atoms with Crippen molar-refractivity contribution in [3.8, 4) is 0 Å². The van der Waals surface area contributed by atoms with Crippen LogP contribution in [-0.4, -0.2) is 27.2 Å². The van der Waals surface area contributed by atoms with Crippen LogP contribution in [0, 0.1) is 5.92 Å². The van der Waals surface area contributed by atoms with E-state index in [1.165, 1.54) is 12.5 Å². The van der Waals surface area contributed by atoms with Gasteiger partial charge in [-0.1, -0.05) is 49.9 Å². The first-order chi connectivity index (χ1) is 8.90. The van der Waals surface area contributed by atoms with E-state index in [1.807, 2.05) is 24.3 Å². The topological polar surface area (TPSA) is 57.5 Å². The van der Waals surface area contributed by atoms with Crippen LogP contribution in [0.25, 0.3) is 0 Å². The van der Waals surface area contributed by atoms with Crippen molar-refractivity contribution in [2.24, 2.45) is 5.92 Å². The standard InChI is InChI=1S/C15H22O3S/c1-10(2)8-12-4-6-13(7-5-12)15(18)14(17)9-19-11(3)16/h4-7,10,14-15,17-18H,8-9H2,1-3H3. The monoisotopic (exact) mass is 282 g/mol. The quantitative estimate of drug-likeness (QED) is 0.842. The van der Waals surface area contributed by atoms with Gasteiger partial charge < -0.3 is 10.2 Å². The minimum Gasteiger partial charge on any atom is -0.389 e. The first kappa shape index (κ1) is 16.2. The van der Waals surface area contributed by atoms with Gasteiger partial charge in [-0.15, -0.1) is 0 Å². The van der Waals surface area contributed by atoms with Gasteiger partial charge in [-0.25, -0.2) is 0 Å². The Morgan fingerprint density at radius 3 is 2.26 bits per heavy atom. The van der Waals surface area contributed by atoms with Crippen LogP contribution in [0.5, 0.6) is 0 Å². The maximum absolute atomic E-state index is 10.8. The fourth-order valence-corrected chi connectivity index (χ4v) is 2.43. The molecule has 2 atom stereocenters. The van der Waals surface area contributed by atoms with E-state index < -0.39 is 12.2 Å². The predicted octanol–water partition coefficient (Wildman–Crippen LogP) is 2.56. The zero-order chi connectivity index (χ0) is 14.4. The number of thioether (sulfide) groups is 1. The Morgan fingerprint density at radius 1 is 1.21 bits per heavy atom. The van der Waals surface area contributed by atoms with Gasteiger partial charge in [0, 0.05) is 12.7 Å². The molecule has 2 unspecified atom stereocenters. The van der Waals surface area contributed by atoms with Crippen LogP contribution in [-0.2, 0) is 11.2 Å². The van der Waals surface area contributed by atoms with Crippen molar-refractivity contribution in [2.75, 3.05) is 5.75 Å². The molecule has 2 N–H and O–H groups in total. The summed E-state index contributed by atoms with van der Waals surface area (Å²) < 4.78 is 0. The summed E-state index contributed by atoms with van der Waals surface area (Å²) >= 11 is 1.03. The van der Waals surface area contributed by atoms with Crippen molar-refractivity contribution < 1.29 is 15.0 Å². The number of benzene rings is 1. The van der Waals surface area contributed by atoms with Crippen LogP contribution in [0.15, 0.2) is 24.3 Å². The Balaban J connectivity index is 2.61. The molecule has 0 bridgehead atoms. The van der Waals surface area contributed by atoms with Gasteiger partial charge in [-0.2, -0.15) is 0 Å². The molecule has 3 nitrogen and oxygen atoms in total. The summed E-state index contributed by atoms with van der Waals surface area (Å²) in [5.74, 6) is 0.804. The Labute approximate surface area is 119 Å². The average molecular weight is 282 g/mol. The van der Waals surface area contributed by atoms with Crippen LogP contribution in [0.4, 0.5) is 0 Å². The molecule has 1 rings (SSSR count). The highest BCUT2D eigenvalue weighted by Crippen LogP contribution is 2.21. The lowest BCUT2D eigenvalue weighted by Crippen LogP contribution is -2.21. The Morgan fingerprint density at radius 2 is 1.79 bits per heavy atom. The molecule has 0 saturated heterocycles. The fraction of sp³-hybridized carbons (Fsp3) is 0.533. The minimum absolute atomic E-state index is 0.0569. The maximum Gasteiger partial charge on any atom is 0.185 e. The summed E-state index contributed by atoms with van der Waals surface area (Å²) in [5, 5.41) is 19.8. The Hall–Kier alpha value is -0.840. The first-order valence-electron chi connectivity index (χ1n) is 6.48. The molecule has 4 heteroatoms. The van der Waals surface area contributed by atoms with E-state index in [4.69, 9.17) is 0 Å². The van der Waals surface area contributed by atoms with E-state index in [0.717, 1.165) is 18.2 Å². The lowest BCUT2D eigenvalue weighted by atomic mass is 9.99. The second kappa shape index (κ2) is 7.68. The predicted molar refractivity (Wildman–Crippen MR) is 79.1 cm³/mol. The van der Waals surface area contributed by atoms with Gasteiger partial charge >= 0.3 is 0 Å². The zero-order valence-electron chi connectivity index (χ0n) is 11.7. The van der Waals surface area contributed by atoms with E-state index in [-0.39, 0.29) is 10.9 Å². The number of hydrogen-bond acceptors (Lipinski definition) is 4. The third-order valence-electron chi connectivity index (χ3n) is 2.79. The van der Waals surface area contributed by atoms with Crippen LogP contribution in [0.2, 0.25) is 0 Å². The van der Waals surface area contributed by atoms with Crippen molar-refractivity contribution in [2.45, 2.75) is 39.4 Å². The van der Waals surface area contributed by atoms with Gasteiger partial charge in [-0.3, -0.25) is 4.79 Å². The third kappa shape index (κ3) is 5.76. The molecule has 0 saturated carbocycles. The van der Waals surface area contributed by atoms with Gasteiger partial charge in [0.2, 0.25) is 0 Å². The Kier molecular flexibility index (Phi) is 6.55. The van der Waals surface area contributed by atoms with Crippen LogP contribution in [0.1, 0.15) is 38.0 Å². The van der Waals surface area contributed by atoms with Gasteiger partial charge in [0.05, 0.1) is 6.10 Å². The van der Waals surface area contributed by atoms with Gasteiger partial charge in [0.1, 0.15) is 6.10 Å². The molecule has 1 aromatic rings. The number of rotatable bonds is 6. The highest BCUT2D eigenvalue weighted by Gasteiger charge is 2.19. The molecule has 19 heavy (non-hydrogen) atoms. The number of hydrogen-bond donors (Lipinski definition) is 2.